The Labute approximate surface area is 134 Å². The molecule has 112 valence electrons. The number of hydrogen-bond acceptors (Lipinski definition) is 3. The lowest BCUT2D eigenvalue weighted by molar-refractivity contribution is 0.246. The fraction of sp³-hybridized carbons (Fsp3) is 0.250. The molecule has 0 aliphatic heterocycles. The topological polar surface area (TPSA) is 44.5 Å². The smallest absolute Gasteiger partial charge is 0.123 e. The molecule has 0 amide bonds. The van der Waals surface area contributed by atoms with Gasteiger partial charge in [-0.15, -0.1) is 0 Å². The first-order chi connectivity index (χ1) is 10.2. The molecule has 0 spiro atoms. The number of benzene rings is 2. The number of hydrogen-bond donors (Lipinski definition) is 1. The molecule has 0 radical (unpaired) electrons. The first-order valence-electron chi connectivity index (χ1n) is 6.69. The minimum Gasteiger partial charge on any atom is -0.493 e. The number of halogens is 2. The van der Waals surface area contributed by atoms with Gasteiger partial charge in [-0.3, -0.25) is 0 Å². The zero-order chi connectivity index (χ0) is 15.1. The maximum atomic E-state index is 5.92. The van der Waals surface area contributed by atoms with Crippen molar-refractivity contribution in [2.24, 2.45) is 5.73 Å². The zero-order valence-corrected chi connectivity index (χ0v) is 13.0. The van der Waals surface area contributed by atoms with Gasteiger partial charge in [0.2, 0.25) is 0 Å². The monoisotopic (exact) mass is 325 g/mol. The summed E-state index contributed by atoms with van der Waals surface area (Å²) in [5, 5.41) is 1.01. The van der Waals surface area contributed by atoms with Crippen LogP contribution in [0.25, 0.3) is 0 Å². The highest BCUT2D eigenvalue weighted by Crippen LogP contribution is 2.26. The second-order valence-electron chi connectivity index (χ2n) is 4.44. The summed E-state index contributed by atoms with van der Waals surface area (Å²) in [7, 11) is 0. The molecule has 0 saturated carbocycles. The van der Waals surface area contributed by atoms with Crippen LogP contribution in [0.15, 0.2) is 42.5 Å². The molecule has 0 fully saturated rings. The number of ether oxygens (including phenoxy) is 2. The summed E-state index contributed by atoms with van der Waals surface area (Å²) in [5.74, 6) is 1.53. The second kappa shape index (κ2) is 8.13. The molecule has 0 unspecified atom stereocenters. The third-order valence-electron chi connectivity index (χ3n) is 2.90. The summed E-state index contributed by atoms with van der Waals surface area (Å²) < 4.78 is 11.3. The van der Waals surface area contributed by atoms with Crippen LogP contribution in [-0.4, -0.2) is 13.2 Å². The van der Waals surface area contributed by atoms with Gasteiger partial charge in [0.15, 0.2) is 0 Å². The van der Waals surface area contributed by atoms with Crippen molar-refractivity contribution >= 4 is 23.2 Å². The maximum absolute atomic E-state index is 5.92. The standard InChI is InChI=1S/C16H17Cl2NO2/c17-14-7-6-13(10-15(14)18)20-8-3-9-21-16-5-2-1-4-12(16)11-19/h1-2,4-7,10H,3,8-9,11,19H2. The van der Waals surface area contributed by atoms with Gasteiger partial charge < -0.3 is 15.2 Å². The molecule has 0 heterocycles. The quantitative estimate of drug-likeness (QED) is 0.772. The van der Waals surface area contributed by atoms with Crippen molar-refractivity contribution < 1.29 is 9.47 Å². The fourth-order valence-corrected chi connectivity index (χ4v) is 2.10. The highest BCUT2D eigenvalue weighted by atomic mass is 35.5. The normalized spacial score (nSPS) is 10.4. The predicted molar refractivity (Wildman–Crippen MR) is 86.4 cm³/mol. The van der Waals surface area contributed by atoms with E-state index in [9.17, 15) is 0 Å². The minimum atomic E-state index is 0.468. The molecule has 3 nitrogen and oxygen atoms in total. The molecule has 0 saturated heterocycles. The number of rotatable bonds is 7. The van der Waals surface area contributed by atoms with Crippen molar-refractivity contribution in [1.29, 1.82) is 0 Å². The molecule has 0 aliphatic rings. The lowest BCUT2D eigenvalue weighted by Gasteiger charge is -2.11. The van der Waals surface area contributed by atoms with Crippen molar-refractivity contribution in [3.8, 4) is 11.5 Å². The van der Waals surface area contributed by atoms with Crippen LogP contribution in [0.2, 0.25) is 10.0 Å². The molecule has 5 heteroatoms. The van der Waals surface area contributed by atoms with E-state index < -0.39 is 0 Å². The molecule has 0 atom stereocenters. The van der Waals surface area contributed by atoms with Gasteiger partial charge in [0.25, 0.3) is 0 Å². The Balaban J connectivity index is 1.73. The summed E-state index contributed by atoms with van der Waals surface area (Å²) >= 11 is 11.8. The van der Waals surface area contributed by atoms with E-state index in [1.165, 1.54) is 0 Å². The van der Waals surface area contributed by atoms with Gasteiger partial charge in [0.1, 0.15) is 11.5 Å². The van der Waals surface area contributed by atoms with E-state index in [-0.39, 0.29) is 0 Å². The van der Waals surface area contributed by atoms with Crippen molar-refractivity contribution in [2.45, 2.75) is 13.0 Å². The SMILES string of the molecule is NCc1ccccc1OCCCOc1ccc(Cl)c(Cl)c1. The van der Waals surface area contributed by atoms with Crippen LogP contribution < -0.4 is 15.2 Å². The number of nitrogens with two attached hydrogens (primary N) is 1. The molecule has 2 aromatic rings. The Morgan fingerprint density at radius 3 is 2.43 bits per heavy atom. The lowest BCUT2D eigenvalue weighted by Crippen LogP contribution is -2.07. The van der Waals surface area contributed by atoms with Crippen LogP contribution in [0.4, 0.5) is 0 Å². The summed E-state index contributed by atoms with van der Waals surface area (Å²) in [6.07, 6.45) is 0.763. The molecule has 21 heavy (non-hydrogen) atoms. The van der Waals surface area contributed by atoms with E-state index >= 15 is 0 Å². The Hall–Kier alpha value is -1.42. The van der Waals surface area contributed by atoms with Crippen LogP contribution in [0.3, 0.4) is 0 Å². The second-order valence-corrected chi connectivity index (χ2v) is 5.25. The van der Waals surface area contributed by atoms with Gasteiger partial charge >= 0.3 is 0 Å². The third kappa shape index (κ3) is 4.81. The molecule has 0 bridgehead atoms. The van der Waals surface area contributed by atoms with E-state index in [2.05, 4.69) is 0 Å². The molecule has 2 rings (SSSR count). The summed E-state index contributed by atoms with van der Waals surface area (Å²) in [6.45, 7) is 1.58. The lowest BCUT2D eigenvalue weighted by atomic mass is 10.2. The van der Waals surface area contributed by atoms with E-state index in [0.717, 1.165) is 17.7 Å². The van der Waals surface area contributed by atoms with Crippen LogP contribution in [0.5, 0.6) is 11.5 Å². The highest BCUT2D eigenvalue weighted by molar-refractivity contribution is 6.42. The van der Waals surface area contributed by atoms with Crippen LogP contribution in [0, 0.1) is 0 Å². The van der Waals surface area contributed by atoms with Gasteiger partial charge in [0.05, 0.1) is 23.3 Å². The van der Waals surface area contributed by atoms with E-state index in [1.54, 1.807) is 18.2 Å². The highest BCUT2D eigenvalue weighted by Gasteiger charge is 2.02. The number of para-hydroxylation sites is 1. The van der Waals surface area contributed by atoms with Crippen LogP contribution >= 0.6 is 23.2 Å². The molecule has 2 aromatic carbocycles. The third-order valence-corrected chi connectivity index (χ3v) is 3.64. The van der Waals surface area contributed by atoms with Crippen LogP contribution in [-0.2, 0) is 6.54 Å². The average molecular weight is 326 g/mol. The van der Waals surface area contributed by atoms with Crippen molar-refractivity contribution in [2.75, 3.05) is 13.2 Å². The van der Waals surface area contributed by atoms with Gasteiger partial charge in [-0.2, -0.15) is 0 Å². The first kappa shape index (κ1) is 16.0. The zero-order valence-electron chi connectivity index (χ0n) is 11.5. The summed E-state index contributed by atoms with van der Waals surface area (Å²) in [4.78, 5) is 0. The predicted octanol–water partition coefficient (Wildman–Crippen LogP) is 4.30. The fourth-order valence-electron chi connectivity index (χ4n) is 1.81. The van der Waals surface area contributed by atoms with Gasteiger partial charge in [-0.25, -0.2) is 0 Å². The van der Waals surface area contributed by atoms with Crippen molar-refractivity contribution in [1.82, 2.24) is 0 Å². The summed E-state index contributed by atoms with van der Waals surface area (Å²) in [5.41, 5.74) is 6.66. The van der Waals surface area contributed by atoms with Gasteiger partial charge in [0, 0.05) is 24.6 Å². The largest absolute Gasteiger partial charge is 0.493 e. The summed E-state index contributed by atoms with van der Waals surface area (Å²) in [6, 6.07) is 13.0. The Morgan fingerprint density at radius 1 is 0.905 bits per heavy atom. The minimum absolute atomic E-state index is 0.468. The van der Waals surface area contributed by atoms with Gasteiger partial charge in [-0.1, -0.05) is 41.4 Å². The van der Waals surface area contributed by atoms with Crippen LogP contribution in [0.1, 0.15) is 12.0 Å². The van der Waals surface area contributed by atoms with Crippen molar-refractivity contribution in [3.05, 3.63) is 58.1 Å². The Kier molecular flexibility index (Phi) is 6.18. The van der Waals surface area contributed by atoms with Crippen molar-refractivity contribution in [3.63, 3.8) is 0 Å². The average Bonchev–Trinajstić information content (AvgIpc) is 2.51. The molecular weight excluding hydrogens is 309 g/mol. The van der Waals surface area contributed by atoms with E-state index in [1.807, 2.05) is 24.3 Å². The molecule has 0 aromatic heterocycles. The molecule has 0 aliphatic carbocycles. The van der Waals surface area contributed by atoms with E-state index in [4.69, 9.17) is 38.4 Å². The molecule has 2 N–H and O–H groups in total. The van der Waals surface area contributed by atoms with E-state index in [0.29, 0.717) is 35.6 Å². The van der Waals surface area contributed by atoms with Gasteiger partial charge in [-0.05, 0) is 18.2 Å². The first-order valence-corrected chi connectivity index (χ1v) is 7.45. The Morgan fingerprint density at radius 2 is 1.67 bits per heavy atom. The molecular formula is C16H17Cl2NO2. The Bertz CT molecular complexity index is 590. The maximum Gasteiger partial charge on any atom is 0.123 e.